The van der Waals surface area contributed by atoms with Crippen LogP contribution in [0.25, 0.3) is 22.4 Å². The quantitative estimate of drug-likeness (QED) is 0.298. The third kappa shape index (κ3) is 6.89. The molecule has 0 spiro atoms. The lowest BCUT2D eigenvalue weighted by molar-refractivity contribution is 0.0398. The van der Waals surface area contributed by atoms with E-state index >= 15 is 0 Å². The van der Waals surface area contributed by atoms with Crippen molar-refractivity contribution in [2.45, 2.75) is 32.4 Å². The summed E-state index contributed by atoms with van der Waals surface area (Å²) in [5.74, 6) is 0.620. The number of aromatic amines is 1. The van der Waals surface area contributed by atoms with E-state index in [9.17, 15) is 10.1 Å². The van der Waals surface area contributed by atoms with Crippen molar-refractivity contribution < 1.29 is 4.74 Å². The minimum absolute atomic E-state index is 0.00622. The second-order valence-corrected chi connectivity index (χ2v) is 11.5. The second-order valence-electron chi connectivity index (χ2n) is 11.5. The number of H-pyrrole nitrogens is 1. The van der Waals surface area contributed by atoms with Crippen molar-refractivity contribution in [2.75, 3.05) is 57.8 Å². The number of nitrogens with zero attached hydrogens (tertiary/aromatic N) is 5. The molecule has 43 heavy (non-hydrogen) atoms. The van der Waals surface area contributed by atoms with Crippen molar-refractivity contribution in [3.05, 3.63) is 94.2 Å². The third-order valence-corrected chi connectivity index (χ3v) is 8.51. The van der Waals surface area contributed by atoms with E-state index in [0.29, 0.717) is 17.9 Å². The first kappa shape index (κ1) is 28.9. The number of rotatable bonds is 9. The lowest BCUT2D eigenvalue weighted by atomic mass is 9.96. The summed E-state index contributed by atoms with van der Waals surface area (Å²) in [4.78, 5) is 25.0. The molecule has 0 radical (unpaired) electrons. The molecule has 222 valence electrons. The van der Waals surface area contributed by atoms with Crippen LogP contribution in [0.5, 0.6) is 0 Å². The Morgan fingerprint density at radius 2 is 1.74 bits per heavy atom. The van der Waals surface area contributed by atoms with Crippen LogP contribution in [-0.4, -0.2) is 76.8 Å². The molecule has 0 saturated carbocycles. The Bertz CT molecular complexity index is 1610. The Kier molecular flexibility index (Phi) is 8.99. The van der Waals surface area contributed by atoms with Crippen LogP contribution in [0.4, 0.5) is 5.82 Å². The third-order valence-electron chi connectivity index (χ3n) is 8.51. The Morgan fingerprint density at radius 1 is 1.00 bits per heavy atom. The highest BCUT2D eigenvalue weighted by atomic mass is 16.5. The zero-order valence-corrected chi connectivity index (χ0v) is 24.8. The normalized spacial score (nSPS) is 16.7. The number of nitriles is 1. The van der Waals surface area contributed by atoms with Crippen LogP contribution in [-0.2, 0) is 11.3 Å². The largest absolute Gasteiger partial charge is 0.379 e. The maximum absolute atomic E-state index is 12.2. The molecule has 9 heteroatoms. The molecule has 0 aliphatic carbocycles. The fraction of sp³-hybridized carbons (Fsp3) is 0.382. The first-order valence-electron chi connectivity index (χ1n) is 15.2. The summed E-state index contributed by atoms with van der Waals surface area (Å²) in [6.07, 6.45) is 3.87. The molecular weight excluding hydrogens is 538 g/mol. The van der Waals surface area contributed by atoms with Gasteiger partial charge < -0.3 is 15.0 Å². The van der Waals surface area contributed by atoms with Crippen molar-refractivity contribution in [1.82, 2.24) is 24.3 Å². The molecule has 2 aliphatic rings. The van der Waals surface area contributed by atoms with Gasteiger partial charge in [-0.25, -0.2) is 9.78 Å². The Hall–Kier alpha value is -4.23. The maximum atomic E-state index is 12.2. The van der Waals surface area contributed by atoms with Gasteiger partial charge in [-0.05, 0) is 37.0 Å². The predicted octanol–water partition coefficient (Wildman–Crippen LogP) is 4.67. The summed E-state index contributed by atoms with van der Waals surface area (Å²) in [5, 5.41) is 13.4. The molecule has 9 nitrogen and oxygen atoms in total. The van der Waals surface area contributed by atoms with E-state index in [1.807, 2.05) is 42.0 Å². The first-order chi connectivity index (χ1) is 21.1. The number of pyridine rings is 1. The van der Waals surface area contributed by atoms with Gasteiger partial charge in [0.15, 0.2) is 0 Å². The molecule has 2 aliphatic heterocycles. The number of aromatic nitrogens is 3. The minimum Gasteiger partial charge on any atom is -0.379 e. The smallest absolute Gasteiger partial charge is 0.325 e. The second kappa shape index (κ2) is 13.4. The molecule has 2 aromatic heterocycles. The zero-order valence-electron chi connectivity index (χ0n) is 24.8. The molecule has 0 bridgehead atoms. The van der Waals surface area contributed by atoms with Crippen molar-refractivity contribution in [3.63, 3.8) is 0 Å². The number of nitrogens with one attached hydrogen (secondary N) is 2. The number of piperidine rings is 1. The highest BCUT2D eigenvalue weighted by Gasteiger charge is 2.22. The van der Waals surface area contributed by atoms with Crippen LogP contribution in [0.2, 0.25) is 0 Å². The average Bonchev–Trinajstić information content (AvgIpc) is 3.39. The van der Waals surface area contributed by atoms with Crippen molar-refractivity contribution >= 4 is 5.82 Å². The number of aryl methyl sites for hydroxylation is 1. The molecule has 0 amide bonds. The highest BCUT2D eigenvalue weighted by Crippen LogP contribution is 2.34. The molecule has 2 fully saturated rings. The standard InChI is InChI=1S/C34H39N7O2/c1-25-23-41(34(42)37-25)30-11-14-40(15-12-30)24-26-7-9-28(10-8-26)32-31(27-5-3-2-4-6-27)21-29(22-35)33(38-32)36-13-16-39-17-19-43-20-18-39/h2-10,21,23,30H,11-20,24H2,1H3,(H,36,38)(H,37,42). The molecular formula is C34H39N7O2. The van der Waals surface area contributed by atoms with Crippen LogP contribution >= 0.6 is 0 Å². The molecule has 0 atom stereocenters. The van der Waals surface area contributed by atoms with E-state index in [1.54, 1.807) is 0 Å². The van der Waals surface area contributed by atoms with Crippen LogP contribution in [0.15, 0.2) is 71.7 Å². The summed E-state index contributed by atoms with van der Waals surface area (Å²) >= 11 is 0. The van der Waals surface area contributed by atoms with Crippen LogP contribution in [0.1, 0.15) is 35.7 Å². The number of hydrogen-bond donors (Lipinski definition) is 2. The van der Waals surface area contributed by atoms with Gasteiger partial charge in [-0.15, -0.1) is 0 Å². The van der Waals surface area contributed by atoms with Gasteiger partial charge in [0.05, 0.1) is 24.5 Å². The Balaban J connectivity index is 1.18. The first-order valence-corrected chi connectivity index (χ1v) is 15.2. The molecule has 6 rings (SSSR count). The lowest BCUT2D eigenvalue weighted by Gasteiger charge is -2.32. The fourth-order valence-electron chi connectivity index (χ4n) is 6.13. The van der Waals surface area contributed by atoms with Crippen molar-refractivity contribution in [2.24, 2.45) is 0 Å². The number of ether oxygens (including phenoxy) is 1. The minimum atomic E-state index is -0.00622. The number of imidazole rings is 1. The van der Waals surface area contributed by atoms with E-state index in [4.69, 9.17) is 9.72 Å². The number of anilines is 1. The van der Waals surface area contributed by atoms with Gasteiger partial charge in [0.1, 0.15) is 11.9 Å². The van der Waals surface area contributed by atoms with Crippen molar-refractivity contribution in [3.8, 4) is 28.5 Å². The molecule has 2 N–H and O–H groups in total. The molecule has 2 aromatic carbocycles. The number of likely N-dealkylation sites (tertiary alicyclic amines) is 1. The summed E-state index contributed by atoms with van der Waals surface area (Å²) in [6, 6.07) is 23.4. The van der Waals surface area contributed by atoms with Gasteiger partial charge in [0, 0.05) is 74.9 Å². The molecule has 2 saturated heterocycles. The Morgan fingerprint density at radius 3 is 2.42 bits per heavy atom. The topological polar surface area (TPSA) is 102 Å². The van der Waals surface area contributed by atoms with Crippen LogP contribution in [0, 0.1) is 18.3 Å². The van der Waals surface area contributed by atoms with Gasteiger partial charge in [-0.2, -0.15) is 5.26 Å². The number of hydrogen-bond acceptors (Lipinski definition) is 7. The summed E-state index contributed by atoms with van der Waals surface area (Å²) in [6.45, 7) is 9.67. The van der Waals surface area contributed by atoms with Gasteiger partial charge in [-0.3, -0.25) is 14.4 Å². The van der Waals surface area contributed by atoms with E-state index < -0.39 is 0 Å². The van der Waals surface area contributed by atoms with Crippen LogP contribution < -0.4 is 11.0 Å². The van der Waals surface area contributed by atoms with Gasteiger partial charge in [0.2, 0.25) is 0 Å². The van der Waals surface area contributed by atoms with E-state index in [1.165, 1.54) is 5.56 Å². The fourth-order valence-corrected chi connectivity index (χ4v) is 6.13. The van der Waals surface area contributed by atoms with E-state index in [0.717, 1.165) is 93.4 Å². The summed E-state index contributed by atoms with van der Waals surface area (Å²) < 4.78 is 7.33. The lowest BCUT2D eigenvalue weighted by Crippen LogP contribution is -2.39. The predicted molar refractivity (Wildman–Crippen MR) is 169 cm³/mol. The average molecular weight is 578 g/mol. The highest BCUT2D eigenvalue weighted by molar-refractivity contribution is 5.83. The van der Waals surface area contributed by atoms with E-state index in [-0.39, 0.29) is 11.7 Å². The summed E-state index contributed by atoms with van der Waals surface area (Å²) in [5.41, 5.74) is 6.55. The number of benzene rings is 2. The SMILES string of the molecule is Cc1cn(C2CCN(Cc3ccc(-c4nc(NCCN5CCOCC5)c(C#N)cc4-c4ccccc4)cc3)CC2)c(=O)[nH]1. The maximum Gasteiger partial charge on any atom is 0.325 e. The number of morpholine rings is 1. The molecule has 0 unspecified atom stereocenters. The van der Waals surface area contributed by atoms with Gasteiger partial charge >= 0.3 is 5.69 Å². The van der Waals surface area contributed by atoms with Gasteiger partial charge in [0.25, 0.3) is 0 Å². The Labute approximate surface area is 252 Å². The van der Waals surface area contributed by atoms with Crippen molar-refractivity contribution in [1.29, 1.82) is 5.26 Å². The molecule has 4 heterocycles. The molecule has 4 aromatic rings. The monoisotopic (exact) mass is 577 g/mol. The van der Waals surface area contributed by atoms with Gasteiger partial charge in [-0.1, -0.05) is 54.6 Å². The van der Waals surface area contributed by atoms with E-state index in [2.05, 4.69) is 62.6 Å². The zero-order chi connectivity index (χ0) is 29.6. The van der Waals surface area contributed by atoms with Crippen LogP contribution in [0.3, 0.4) is 0 Å². The summed E-state index contributed by atoms with van der Waals surface area (Å²) in [7, 11) is 0.